The Hall–Kier alpha value is -1.71. The van der Waals surface area contributed by atoms with E-state index in [4.69, 9.17) is 27.9 Å². The maximum Gasteiger partial charge on any atom is 0.220 e. The Balaban J connectivity index is 1.72. The molecular weight excluding hydrogens is 333 g/mol. The molecule has 1 N–H and O–H groups in total. The third-order valence-corrected chi connectivity index (χ3v) is 4.05. The number of rotatable bonds is 7. The quantitative estimate of drug-likeness (QED) is 0.807. The summed E-state index contributed by atoms with van der Waals surface area (Å²) < 4.78 is 5.11. The number of aryl methyl sites for hydroxylation is 1. The summed E-state index contributed by atoms with van der Waals surface area (Å²) in [5.74, 6) is 0.675. The summed E-state index contributed by atoms with van der Waals surface area (Å²) in [7, 11) is 1.58. The lowest BCUT2D eigenvalue weighted by atomic mass is 10.1. The van der Waals surface area contributed by atoms with Gasteiger partial charge in [0.15, 0.2) is 0 Å². The first-order valence-corrected chi connectivity index (χ1v) is 8.17. The van der Waals surface area contributed by atoms with Crippen molar-refractivity contribution < 1.29 is 9.53 Å². The van der Waals surface area contributed by atoms with Gasteiger partial charge in [-0.05, 0) is 48.2 Å². The second kappa shape index (κ2) is 8.80. The van der Waals surface area contributed by atoms with Gasteiger partial charge in [-0.15, -0.1) is 0 Å². The number of amides is 1. The van der Waals surface area contributed by atoms with Gasteiger partial charge in [0, 0.05) is 18.0 Å². The molecule has 3 nitrogen and oxygen atoms in total. The van der Waals surface area contributed by atoms with Crippen LogP contribution < -0.4 is 10.1 Å². The number of benzene rings is 2. The fourth-order valence-corrected chi connectivity index (χ4v) is 2.62. The molecule has 2 rings (SSSR count). The van der Waals surface area contributed by atoms with Crippen molar-refractivity contribution in [1.29, 1.82) is 0 Å². The van der Waals surface area contributed by atoms with Crippen molar-refractivity contribution in [3.05, 3.63) is 63.6 Å². The zero-order chi connectivity index (χ0) is 16.7. The number of nitrogens with one attached hydrogen (secondary N) is 1. The molecule has 2 aromatic rings. The van der Waals surface area contributed by atoms with Crippen molar-refractivity contribution in [2.24, 2.45) is 0 Å². The molecule has 0 bridgehead atoms. The van der Waals surface area contributed by atoms with Gasteiger partial charge in [-0.3, -0.25) is 4.79 Å². The van der Waals surface area contributed by atoms with E-state index >= 15 is 0 Å². The van der Waals surface area contributed by atoms with Crippen LogP contribution in [-0.2, 0) is 17.6 Å². The second-order valence-electron chi connectivity index (χ2n) is 5.20. The molecule has 0 aliphatic carbocycles. The zero-order valence-electron chi connectivity index (χ0n) is 12.9. The van der Waals surface area contributed by atoms with Gasteiger partial charge in [0.25, 0.3) is 0 Å². The van der Waals surface area contributed by atoms with E-state index in [1.807, 2.05) is 42.5 Å². The molecule has 0 aliphatic heterocycles. The molecule has 0 spiro atoms. The van der Waals surface area contributed by atoms with Crippen LogP contribution in [0.3, 0.4) is 0 Å². The smallest absolute Gasteiger partial charge is 0.220 e. The van der Waals surface area contributed by atoms with Crippen molar-refractivity contribution >= 4 is 29.1 Å². The maximum atomic E-state index is 11.9. The minimum Gasteiger partial charge on any atom is -0.495 e. The molecule has 0 unspecified atom stereocenters. The highest BCUT2D eigenvalue weighted by molar-refractivity contribution is 6.32. The van der Waals surface area contributed by atoms with Crippen molar-refractivity contribution in [3.8, 4) is 5.75 Å². The molecule has 5 heteroatoms. The fourth-order valence-electron chi connectivity index (χ4n) is 2.21. The predicted molar refractivity (Wildman–Crippen MR) is 94.5 cm³/mol. The molecule has 1 amide bonds. The first-order chi connectivity index (χ1) is 11.1. The van der Waals surface area contributed by atoms with E-state index in [0.717, 1.165) is 22.6 Å². The van der Waals surface area contributed by atoms with E-state index < -0.39 is 0 Å². The van der Waals surface area contributed by atoms with E-state index in [0.29, 0.717) is 30.2 Å². The van der Waals surface area contributed by atoms with Crippen LogP contribution in [0.4, 0.5) is 0 Å². The summed E-state index contributed by atoms with van der Waals surface area (Å²) in [6.45, 7) is 0.615. The SMILES string of the molecule is COc1ccc(CCC(=O)NCCc2ccc(Cl)cc2)cc1Cl. The molecule has 0 aromatic heterocycles. The minimum atomic E-state index is 0.0332. The average molecular weight is 352 g/mol. The van der Waals surface area contributed by atoms with Gasteiger partial charge in [-0.1, -0.05) is 41.4 Å². The maximum absolute atomic E-state index is 11.9. The standard InChI is InChI=1S/C18H19Cl2NO2/c1-23-17-8-4-14(12-16(17)20)5-9-18(22)21-11-10-13-2-6-15(19)7-3-13/h2-4,6-8,12H,5,9-11H2,1H3,(H,21,22). The summed E-state index contributed by atoms with van der Waals surface area (Å²) in [5.41, 5.74) is 2.17. The van der Waals surface area contributed by atoms with Crippen molar-refractivity contribution in [2.45, 2.75) is 19.3 Å². The van der Waals surface area contributed by atoms with E-state index in [-0.39, 0.29) is 5.91 Å². The Morgan fingerprint density at radius 1 is 1.04 bits per heavy atom. The largest absolute Gasteiger partial charge is 0.495 e. The molecule has 0 saturated carbocycles. The molecule has 0 aliphatic rings. The molecule has 0 radical (unpaired) electrons. The lowest BCUT2D eigenvalue weighted by Crippen LogP contribution is -2.25. The highest BCUT2D eigenvalue weighted by Gasteiger charge is 2.05. The van der Waals surface area contributed by atoms with Crippen molar-refractivity contribution in [3.63, 3.8) is 0 Å². The van der Waals surface area contributed by atoms with E-state index in [1.165, 1.54) is 0 Å². The number of ether oxygens (including phenoxy) is 1. The number of hydrogen-bond donors (Lipinski definition) is 1. The first kappa shape index (κ1) is 17.6. The summed E-state index contributed by atoms with van der Waals surface area (Å²) in [4.78, 5) is 11.9. The van der Waals surface area contributed by atoms with E-state index in [2.05, 4.69) is 5.32 Å². The van der Waals surface area contributed by atoms with Gasteiger partial charge in [-0.2, -0.15) is 0 Å². The lowest BCUT2D eigenvalue weighted by Gasteiger charge is -2.07. The van der Waals surface area contributed by atoms with Crippen LogP contribution in [-0.4, -0.2) is 19.6 Å². The Kier molecular flexibility index (Phi) is 6.75. The molecule has 0 heterocycles. The van der Waals surface area contributed by atoms with Crippen molar-refractivity contribution in [2.75, 3.05) is 13.7 Å². The number of halogens is 2. The highest BCUT2D eigenvalue weighted by atomic mass is 35.5. The predicted octanol–water partition coefficient (Wildman–Crippen LogP) is 4.29. The number of hydrogen-bond acceptors (Lipinski definition) is 2. The summed E-state index contributed by atoms with van der Waals surface area (Å²) >= 11 is 11.9. The Bertz CT molecular complexity index is 657. The zero-order valence-corrected chi connectivity index (χ0v) is 14.5. The fraction of sp³-hybridized carbons (Fsp3) is 0.278. The Labute approximate surface area is 146 Å². The van der Waals surface area contributed by atoms with Gasteiger partial charge >= 0.3 is 0 Å². The number of methoxy groups -OCH3 is 1. The van der Waals surface area contributed by atoms with Gasteiger partial charge < -0.3 is 10.1 Å². The average Bonchev–Trinajstić information content (AvgIpc) is 2.55. The van der Waals surface area contributed by atoms with E-state index in [1.54, 1.807) is 7.11 Å². The Morgan fingerprint density at radius 2 is 1.74 bits per heavy atom. The second-order valence-corrected chi connectivity index (χ2v) is 6.04. The molecule has 2 aromatic carbocycles. The van der Waals surface area contributed by atoms with Gasteiger partial charge in [0.2, 0.25) is 5.91 Å². The lowest BCUT2D eigenvalue weighted by molar-refractivity contribution is -0.121. The Morgan fingerprint density at radius 3 is 2.39 bits per heavy atom. The number of carbonyl (C=O) groups excluding carboxylic acids is 1. The van der Waals surface area contributed by atoms with Crippen LogP contribution in [0.5, 0.6) is 5.75 Å². The summed E-state index contributed by atoms with van der Waals surface area (Å²) in [5, 5.41) is 4.21. The monoisotopic (exact) mass is 351 g/mol. The van der Waals surface area contributed by atoms with Crippen LogP contribution in [0.25, 0.3) is 0 Å². The highest BCUT2D eigenvalue weighted by Crippen LogP contribution is 2.25. The topological polar surface area (TPSA) is 38.3 Å². The summed E-state index contributed by atoms with van der Waals surface area (Å²) in [6.07, 6.45) is 1.87. The molecular formula is C18H19Cl2NO2. The molecule has 122 valence electrons. The van der Waals surface area contributed by atoms with Crippen LogP contribution in [0.2, 0.25) is 10.0 Å². The molecule has 0 fully saturated rings. The van der Waals surface area contributed by atoms with Crippen LogP contribution in [0.15, 0.2) is 42.5 Å². The minimum absolute atomic E-state index is 0.0332. The van der Waals surface area contributed by atoms with Crippen molar-refractivity contribution in [1.82, 2.24) is 5.32 Å². The van der Waals surface area contributed by atoms with Gasteiger partial charge in [0.05, 0.1) is 12.1 Å². The van der Waals surface area contributed by atoms with Crippen LogP contribution in [0.1, 0.15) is 17.5 Å². The third kappa shape index (κ3) is 5.77. The van der Waals surface area contributed by atoms with E-state index in [9.17, 15) is 4.79 Å². The third-order valence-electron chi connectivity index (χ3n) is 3.51. The summed E-state index contributed by atoms with van der Waals surface area (Å²) in [6, 6.07) is 13.2. The van der Waals surface area contributed by atoms with Gasteiger partial charge in [0.1, 0.15) is 5.75 Å². The molecule has 0 atom stereocenters. The number of carbonyl (C=O) groups is 1. The van der Waals surface area contributed by atoms with Crippen LogP contribution in [0, 0.1) is 0 Å². The first-order valence-electron chi connectivity index (χ1n) is 7.42. The van der Waals surface area contributed by atoms with Crippen LogP contribution >= 0.6 is 23.2 Å². The van der Waals surface area contributed by atoms with Gasteiger partial charge in [-0.25, -0.2) is 0 Å². The molecule has 23 heavy (non-hydrogen) atoms. The molecule has 0 saturated heterocycles. The normalized spacial score (nSPS) is 10.4.